The Morgan fingerprint density at radius 3 is 2.31 bits per heavy atom. The van der Waals surface area contributed by atoms with Crippen LogP contribution in [0.3, 0.4) is 0 Å². The van der Waals surface area contributed by atoms with Crippen molar-refractivity contribution in [1.82, 2.24) is 0 Å². The van der Waals surface area contributed by atoms with Gasteiger partial charge in [-0.05, 0) is 60.7 Å². The van der Waals surface area contributed by atoms with Gasteiger partial charge in [0.05, 0.1) is 22.5 Å². The molecule has 0 radical (unpaired) electrons. The van der Waals surface area contributed by atoms with Crippen LogP contribution in [0.5, 0.6) is 0 Å². The Kier molecular flexibility index (Phi) is 4.84. The Bertz CT molecular complexity index is 1360. The molecule has 7 heteroatoms. The summed E-state index contributed by atoms with van der Waals surface area (Å²) in [5, 5.41) is 3.30. The van der Waals surface area contributed by atoms with Crippen LogP contribution in [-0.2, 0) is 0 Å². The first kappa shape index (κ1) is 19.8. The van der Waals surface area contributed by atoms with Crippen LogP contribution < -0.4 is 10.2 Å². The number of furan rings is 1. The Morgan fingerprint density at radius 1 is 0.812 bits per heavy atom. The van der Waals surface area contributed by atoms with Crippen LogP contribution in [0.25, 0.3) is 11.3 Å². The summed E-state index contributed by atoms with van der Waals surface area (Å²) in [5.41, 5.74) is 1.87. The predicted octanol–water partition coefficient (Wildman–Crippen LogP) is 5.65. The molecular formula is C25H15ClN2O4. The Morgan fingerprint density at radius 2 is 1.56 bits per heavy atom. The molecule has 6 nitrogen and oxygen atoms in total. The molecule has 1 N–H and O–H groups in total. The molecule has 156 valence electrons. The normalized spacial score (nSPS) is 12.7. The van der Waals surface area contributed by atoms with Gasteiger partial charge in [-0.1, -0.05) is 35.9 Å². The number of para-hydroxylation sites is 1. The Labute approximate surface area is 188 Å². The minimum atomic E-state index is -0.531. The first-order chi connectivity index (χ1) is 15.5. The van der Waals surface area contributed by atoms with E-state index >= 15 is 0 Å². The molecule has 0 atom stereocenters. The first-order valence-corrected chi connectivity index (χ1v) is 10.1. The van der Waals surface area contributed by atoms with Crippen molar-refractivity contribution in [2.45, 2.75) is 0 Å². The summed E-state index contributed by atoms with van der Waals surface area (Å²) in [7, 11) is 0. The summed E-state index contributed by atoms with van der Waals surface area (Å²) in [6, 6.07) is 23.7. The quantitative estimate of drug-likeness (QED) is 0.414. The lowest BCUT2D eigenvalue weighted by Gasteiger charge is -2.13. The summed E-state index contributed by atoms with van der Waals surface area (Å²) in [6.07, 6.45) is 0. The topological polar surface area (TPSA) is 79.6 Å². The molecule has 1 aliphatic rings. The summed E-state index contributed by atoms with van der Waals surface area (Å²) in [5.74, 6) is -0.878. The fourth-order valence-corrected chi connectivity index (χ4v) is 3.74. The van der Waals surface area contributed by atoms with Gasteiger partial charge < -0.3 is 9.73 Å². The molecule has 4 aromatic rings. The molecule has 0 fully saturated rings. The zero-order valence-corrected chi connectivity index (χ0v) is 17.3. The molecule has 3 amide bonds. The molecule has 0 unspecified atom stereocenters. The van der Waals surface area contributed by atoms with Crippen LogP contribution in [-0.4, -0.2) is 17.7 Å². The van der Waals surface area contributed by atoms with Crippen LogP contribution in [0.2, 0.25) is 5.02 Å². The van der Waals surface area contributed by atoms with E-state index in [0.29, 0.717) is 16.5 Å². The van der Waals surface area contributed by atoms with E-state index in [0.717, 1.165) is 10.5 Å². The predicted molar refractivity (Wildman–Crippen MR) is 121 cm³/mol. The number of fused-ring (bicyclic) bond motifs is 1. The van der Waals surface area contributed by atoms with Gasteiger partial charge in [0.1, 0.15) is 5.76 Å². The molecule has 0 spiro atoms. The van der Waals surface area contributed by atoms with Crippen molar-refractivity contribution in [1.29, 1.82) is 0 Å². The maximum atomic E-state index is 13.1. The summed E-state index contributed by atoms with van der Waals surface area (Å²) >= 11 is 5.91. The lowest BCUT2D eigenvalue weighted by atomic mass is 10.1. The monoisotopic (exact) mass is 442 g/mol. The number of carbonyl (C=O) groups is 3. The zero-order valence-electron chi connectivity index (χ0n) is 16.5. The lowest BCUT2D eigenvalue weighted by Crippen LogP contribution is -2.29. The number of imide groups is 1. The summed E-state index contributed by atoms with van der Waals surface area (Å²) in [6.45, 7) is 0. The number of amides is 3. The van der Waals surface area contributed by atoms with Gasteiger partial charge in [-0.25, -0.2) is 4.90 Å². The molecule has 3 aromatic carbocycles. The molecule has 32 heavy (non-hydrogen) atoms. The van der Waals surface area contributed by atoms with Gasteiger partial charge in [0.25, 0.3) is 17.7 Å². The maximum Gasteiger partial charge on any atom is 0.291 e. The smallest absolute Gasteiger partial charge is 0.291 e. The molecule has 2 heterocycles. The third-order valence-electron chi connectivity index (χ3n) is 5.14. The highest BCUT2D eigenvalue weighted by molar-refractivity contribution is 6.36. The average molecular weight is 443 g/mol. The maximum absolute atomic E-state index is 13.1. The number of carbonyl (C=O) groups excluding carboxylic acids is 3. The third-order valence-corrected chi connectivity index (χ3v) is 5.39. The fourth-order valence-electron chi connectivity index (χ4n) is 3.61. The number of nitrogens with zero attached hydrogens (tertiary/aromatic N) is 1. The molecular weight excluding hydrogens is 428 g/mol. The van der Waals surface area contributed by atoms with Gasteiger partial charge in [-0.15, -0.1) is 0 Å². The first-order valence-electron chi connectivity index (χ1n) is 9.77. The van der Waals surface area contributed by atoms with Gasteiger partial charge in [0.15, 0.2) is 5.76 Å². The molecule has 5 rings (SSSR count). The Hall–Kier alpha value is -4.16. The fraction of sp³-hybridized carbons (Fsp3) is 0. The standard InChI is InChI=1S/C25H15ClN2O4/c26-16-11-9-15(10-12-16)20-13-14-21(32-20)23(29)27-19-8-4-7-18-22(19)25(31)28(24(18)30)17-5-2-1-3-6-17/h1-14H,(H,27,29). The second-order valence-electron chi connectivity index (χ2n) is 7.13. The van der Waals surface area contributed by atoms with E-state index in [1.807, 2.05) is 0 Å². The molecule has 1 aromatic heterocycles. The van der Waals surface area contributed by atoms with E-state index in [2.05, 4.69) is 5.32 Å². The lowest BCUT2D eigenvalue weighted by molar-refractivity contribution is 0.0926. The highest BCUT2D eigenvalue weighted by Gasteiger charge is 2.38. The number of nitrogens with one attached hydrogen (secondary N) is 1. The van der Waals surface area contributed by atoms with Crippen LogP contribution >= 0.6 is 11.6 Å². The van der Waals surface area contributed by atoms with Gasteiger partial charge in [-0.2, -0.15) is 0 Å². The highest BCUT2D eigenvalue weighted by atomic mass is 35.5. The molecule has 0 saturated heterocycles. The average Bonchev–Trinajstić information content (AvgIpc) is 3.39. The van der Waals surface area contributed by atoms with Crippen molar-refractivity contribution in [3.8, 4) is 11.3 Å². The minimum Gasteiger partial charge on any atom is -0.451 e. The number of hydrogen-bond donors (Lipinski definition) is 1. The highest BCUT2D eigenvalue weighted by Crippen LogP contribution is 2.33. The number of rotatable bonds is 4. The largest absolute Gasteiger partial charge is 0.451 e. The summed E-state index contributed by atoms with van der Waals surface area (Å²) in [4.78, 5) is 39.9. The van der Waals surface area contributed by atoms with Crippen LogP contribution in [0.15, 0.2) is 89.3 Å². The van der Waals surface area contributed by atoms with Crippen LogP contribution in [0, 0.1) is 0 Å². The molecule has 1 aliphatic heterocycles. The number of hydrogen-bond acceptors (Lipinski definition) is 4. The number of anilines is 2. The Balaban J connectivity index is 1.43. The van der Waals surface area contributed by atoms with E-state index in [4.69, 9.17) is 16.0 Å². The van der Waals surface area contributed by atoms with Gasteiger partial charge in [0, 0.05) is 10.6 Å². The SMILES string of the molecule is O=C(Nc1cccc2c1C(=O)N(c1ccccc1)C2=O)c1ccc(-c2ccc(Cl)cc2)o1. The number of halogens is 1. The van der Waals surface area contributed by atoms with E-state index in [1.54, 1.807) is 84.9 Å². The zero-order chi connectivity index (χ0) is 22.2. The van der Waals surface area contributed by atoms with Crippen molar-refractivity contribution in [2.75, 3.05) is 10.2 Å². The van der Waals surface area contributed by atoms with Gasteiger partial charge in [0.2, 0.25) is 0 Å². The van der Waals surface area contributed by atoms with E-state index < -0.39 is 17.7 Å². The van der Waals surface area contributed by atoms with Gasteiger partial charge in [-0.3, -0.25) is 14.4 Å². The minimum absolute atomic E-state index is 0.0734. The third kappa shape index (κ3) is 3.36. The number of benzene rings is 3. The molecule has 0 saturated carbocycles. The second-order valence-corrected chi connectivity index (χ2v) is 7.57. The van der Waals surface area contributed by atoms with Crippen LogP contribution in [0.4, 0.5) is 11.4 Å². The summed E-state index contributed by atoms with van der Waals surface area (Å²) < 4.78 is 5.68. The van der Waals surface area contributed by atoms with E-state index in [1.165, 1.54) is 0 Å². The van der Waals surface area contributed by atoms with Crippen LogP contribution in [0.1, 0.15) is 31.3 Å². The van der Waals surface area contributed by atoms with E-state index in [-0.39, 0.29) is 22.6 Å². The van der Waals surface area contributed by atoms with Gasteiger partial charge >= 0.3 is 0 Å². The van der Waals surface area contributed by atoms with E-state index in [9.17, 15) is 14.4 Å². The second kappa shape index (κ2) is 7.83. The van der Waals surface area contributed by atoms with Crippen molar-refractivity contribution in [3.63, 3.8) is 0 Å². The molecule has 0 bridgehead atoms. The van der Waals surface area contributed by atoms with Crippen molar-refractivity contribution in [3.05, 3.63) is 107 Å². The van der Waals surface area contributed by atoms with Crippen molar-refractivity contribution in [2.24, 2.45) is 0 Å². The molecule has 0 aliphatic carbocycles. The van der Waals surface area contributed by atoms with Crippen molar-refractivity contribution >= 4 is 40.7 Å². The van der Waals surface area contributed by atoms with Crippen molar-refractivity contribution < 1.29 is 18.8 Å².